The number of hydrogen-bond donors (Lipinski definition) is 2. The lowest BCUT2D eigenvalue weighted by Crippen LogP contribution is -2.39. The zero-order valence-electron chi connectivity index (χ0n) is 17.0. The van der Waals surface area contributed by atoms with E-state index in [-0.39, 0.29) is 6.10 Å². The molecule has 8 nitrogen and oxygen atoms in total. The average molecular weight is 442 g/mol. The Kier molecular flexibility index (Phi) is 7.49. The van der Waals surface area contributed by atoms with E-state index < -0.39 is 0 Å². The van der Waals surface area contributed by atoms with Gasteiger partial charge in [0.05, 0.1) is 30.0 Å². The number of pyridine rings is 1. The molecule has 1 fully saturated rings. The minimum absolute atomic E-state index is 0.163. The van der Waals surface area contributed by atoms with E-state index in [9.17, 15) is 0 Å². The largest absolute Gasteiger partial charge is 0.486 e. The zero-order chi connectivity index (χ0) is 21.3. The molecule has 0 saturated carbocycles. The molecule has 1 aromatic carbocycles. The third-order valence-electron chi connectivity index (χ3n) is 4.61. The maximum absolute atomic E-state index is 6.38. The predicted octanol–water partition coefficient (Wildman–Crippen LogP) is 3.60. The van der Waals surface area contributed by atoms with Gasteiger partial charge in [-0.1, -0.05) is 17.7 Å². The van der Waals surface area contributed by atoms with E-state index in [1.165, 1.54) is 0 Å². The number of anilines is 2. The first-order valence-corrected chi connectivity index (χ1v) is 10.5. The molecule has 1 aliphatic heterocycles. The fourth-order valence-corrected chi connectivity index (χ4v) is 3.28. The van der Waals surface area contributed by atoms with Crippen molar-refractivity contribution < 1.29 is 14.2 Å². The fraction of sp³-hybridized carbons (Fsp3) is 0.318. The molecule has 4 rings (SSSR count). The second kappa shape index (κ2) is 10.9. The third kappa shape index (κ3) is 6.52. The van der Waals surface area contributed by atoms with Crippen LogP contribution in [-0.4, -0.2) is 47.4 Å². The van der Waals surface area contributed by atoms with Gasteiger partial charge in [0.25, 0.3) is 0 Å². The van der Waals surface area contributed by atoms with Gasteiger partial charge in [0.15, 0.2) is 0 Å². The first-order chi connectivity index (χ1) is 15.3. The molecule has 31 heavy (non-hydrogen) atoms. The quantitative estimate of drug-likeness (QED) is 0.520. The molecule has 1 saturated heterocycles. The van der Waals surface area contributed by atoms with Gasteiger partial charge in [0.2, 0.25) is 0 Å². The summed E-state index contributed by atoms with van der Waals surface area (Å²) in [4.78, 5) is 12.8. The van der Waals surface area contributed by atoms with E-state index in [1.54, 1.807) is 24.5 Å². The molecular weight excluding hydrogens is 418 g/mol. The molecule has 2 aromatic heterocycles. The number of rotatable bonds is 9. The first-order valence-electron chi connectivity index (χ1n) is 10.1. The van der Waals surface area contributed by atoms with Crippen LogP contribution in [0, 0.1) is 0 Å². The molecule has 0 aliphatic carbocycles. The Morgan fingerprint density at radius 3 is 2.90 bits per heavy atom. The van der Waals surface area contributed by atoms with Gasteiger partial charge in [0.1, 0.15) is 18.2 Å². The van der Waals surface area contributed by atoms with Crippen LogP contribution in [0.1, 0.15) is 12.1 Å². The van der Waals surface area contributed by atoms with Crippen LogP contribution in [0.15, 0.2) is 54.9 Å². The number of aromatic nitrogens is 3. The van der Waals surface area contributed by atoms with Gasteiger partial charge in [-0.05, 0) is 36.4 Å². The second-order valence-electron chi connectivity index (χ2n) is 6.94. The van der Waals surface area contributed by atoms with Crippen molar-refractivity contribution in [3.05, 3.63) is 65.6 Å². The van der Waals surface area contributed by atoms with Gasteiger partial charge < -0.3 is 24.8 Å². The fourth-order valence-electron chi connectivity index (χ4n) is 3.05. The molecule has 3 heterocycles. The minimum atomic E-state index is 0.163. The smallest absolute Gasteiger partial charge is 0.318 e. The predicted molar refractivity (Wildman–Crippen MR) is 118 cm³/mol. The summed E-state index contributed by atoms with van der Waals surface area (Å²) < 4.78 is 17.1. The van der Waals surface area contributed by atoms with Gasteiger partial charge >= 0.3 is 6.01 Å². The van der Waals surface area contributed by atoms with Crippen LogP contribution < -0.4 is 20.1 Å². The molecule has 0 amide bonds. The van der Waals surface area contributed by atoms with Gasteiger partial charge in [-0.25, -0.2) is 4.98 Å². The van der Waals surface area contributed by atoms with Crippen LogP contribution in [0.2, 0.25) is 5.02 Å². The Balaban J connectivity index is 1.30. The van der Waals surface area contributed by atoms with E-state index in [1.807, 2.05) is 30.3 Å². The molecule has 9 heteroatoms. The number of ether oxygens (including phenoxy) is 3. The van der Waals surface area contributed by atoms with Crippen molar-refractivity contribution in [3.63, 3.8) is 0 Å². The van der Waals surface area contributed by atoms with Gasteiger partial charge in [-0.15, -0.1) is 0 Å². The molecule has 2 N–H and O–H groups in total. The van der Waals surface area contributed by atoms with Gasteiger partial charge in [-0.2, -0.15) is 4.98 Å². The van der Waals surface area contributed by atoms with Crippen LogP contribution in [0.3, 0.4) is 0 Å². The van der Waals surface area contributed by atoms with Gasteiger partial charge in [0, 0.05) is 37.6 Å². The highest BCUT2D eigenvalue weighted by Gasteiger charge is 2.13. The molecule has 162 valence electrons. The number of nitrogens with one attached hydrogen (secondary N) is 2. The van der Waals surface area contributed by atoms with Crippen LogP contribution in [0.25, 0.3) is 0 Å². The highest BCUT2D eigenvalue weighted by Crippen LogP contribution is 2.29. The number of nitrogens with zero attached hydrogens (tertiary/aromatic N) is 3. The lowest BCUT2D eigenvalue weighted by molar-refractivity contribution is 0.0152. The average Bonchev–Trinajstić information content (AvgIpc) is 2.80. The maximum Gasteiger partial charge on any atom is 0.318 e. The molecule has 3 aromatic rings. The maximum atomic E-state index is 6.38. The Morgan fingerprint density at radius 2 is 2.10 bits per heavy atom. The van der Waals surface area contributed by atoms with E-state index >= 15 is 0 Å². The normalized spacial score (nSPS) is 16.0. The van der Waals surface area contributed by atoms with Crippen molar-refractivity contribution in [1.82, 2.24) is 20.3 Å². The highest BCUT2D eigenvalue weighted by molar-refractivity contribution is 6.32. The van der Waals surface area contributed by atoms with Gasteiger partial charge in [-0.3, -0.25) is 4.98 Å². The summed E-state index contributed by atoms with van der Waals surface area (Å²) in [6.07, 6.45) is 4.32. The highest BCUT2D eigenvalue weighted by atomic mass is 35.5. The Morgan fingerprint density at radius 1 is 1.13 bits per heavy atom. The number of morpholine rings is 1. The lowest BCUT2D eigenvalue weighted by Gasteiger charge is -2.23. The van der Waals surface area contributed by atoms with Crippen molar-refractivity contribution in [2.75, 3.05) is 31.6 Å². The summed E-state index contributed by atoms with van der Waals surface area (Å²) in [7, 11) is 0. The molecule has 1 atom stereocenters. The summed E-state index contributed by atoms with van der Waals surface area (Å²) in [6, 6.07) is 13.2. The number of halogens is 1. The van der Waals surface area contributed by atoms with Crippen molar-refractivity contribution in [3.8, 4) is 11.8 Å². The first kappa shape index (κ1) is 21.3. The SMILES string of the molecule is Clc1cc(Nc2ccnc(OCCC3CNCCO3)n2)ccc1OCc1ccccn1. The number of benzene rings is 1. The topological polar surface area (TPSA) is 90.4 Å². The van der Waals surface area contributed by atoms with Crippen molar-refractivity contribution in [2.24, 2.45) is 0 Å². The molecule has 0 radical (unpaired) electrons. The van der Waals surface area contributed by atoms with Crippen molar-refractivity contribution in [1.29, 1.82) is 0 Å². The van der Waals surface area contributed by atoms with Crippen LogP contribution in [0.5, 0.6) is 11.8 Å². The summed E-state index contributed by atoms with van der Waals surface area (Å²) in [5.41, 5.74) is 1.61. The Hall–Kier alpha value is -2.94. The van der Waals surface area contributed by atoms with Crippen LogP contribution in [-0.2, 0) is 11.3 Å². The zero-order valence-corrected chi connectivity index (χ0v) is 17.7. The lowest BCUT2D eigenvalue weighted by atomic mass is 10.2. The summed E-state index contributed by atoms with van der Waals surface area (Å²) in [5.74, 6) is 1.20. The van der Waals surface area contributed by atoms with E-state index in [0.717, 1.165) is 37.5 Å². The van der Waals surface area contributed by atoms with E-state index in [0.29, 0.717) is 35.8 Å². The second-order valence-corrected chi connectivity index (χ2v) is 7.35. The van der Waals surface area contributed by atoms with E-state index in [2.05, 4.69) is 25.6 Å². The van der Waals surface area contributed by atoms with Crippen LogP contribution >= 0.6 is 11.6 Å². The van der Waals surface area contributed by atoms with Crippen LogP contribution in [0.4, 0.5) is 11.5 Å². The van der Waals surface area contributed by atoms with E-state index in [4.69, 9.17) is 25.8 Å². The summed E-state index contributed by atoms with van der Waals surface area (Å²) in [6.45, 7) is 3.31. The molecule has 0 spiro atoms. The Bertz CT molecular complexity index is 970. The third-order valence-corrected chi connectivity index (χ3v) is 4.91. The molecule has 0 bridgehead atoms. The molecule has 1 unspecified atom stereocenters. The van der Waals surface area contributed by atoms with Crippen molar-refractivity contribution in [2.45, 2.75) is 19.1 Å². The standard InChI is InChI=1S/C22H24ClN5O3/c23-19-13-16(4-5-20(19)31-15-17-3-1-2-8-25-17)27-21-6-9-26-22(28-21)30-11-7-18-14-24-10-12-29-18/h1-6,8-9,13,18,24H,7,10-12,14-15H2,(H,26,27,28). The molecular formula is C22H24ClN5O3. The summed E-state index contributed by atoms with van der Waals surface area (Å²) in [5, 5.41) is 7.00. The Labute approximate surface area is 185 Å². The summed E-state index contributed by atoms with van der Waals surface area (Å²) >= 11 is 6.38. The minimum Gasteiger partial charge on any atom is -0.486 e. The monoisotopic (exact) mass is 441 g/mol. The molecule has 1 aliphatic rings. The van der Waals surface area contributed by atoms with Crippen molar-refractivity contribution >= 4 is 23.1 Å². The number of hydrogen-bond acceptors (Lipinski definition) is 8.